The van der Waals surface area contributed by atoms with Gasteiger partial charge in [-0.15, -0.1) is 0 Å². The van der Waals surface area contributed by atoms with Crippen molar-refractivity contribution in [3.63, 3.8) is 0 Å². The lowest BCUT2D eigenvalue weighted by Gasteiger charge is -2.22. The van der Waals surface area contributed by atoms with E-state index in [0.717, 1.165) is 0 Å². The average molecular weight is 228 g/mol. The zero-order valence-corrected chi connectivity index (χ0v) is 12.0. The van der Waals surface area contributed by atoms with Crippen molar-refractivity contribution in [2.75, 3.05) is 39.3 Å². The number of hydrogen-bond acceptors (Lipinski definition) is 2. The van der Waals surface area contributed by atoms with Gasteiger partial charge in [0.05, 0.1) is 0 Å². The van der Waals surface area contributed by atoms with Gasteiger partial charge in [0.2, 0.25) is 0 Å². The maximum absolute atomic E-state index is 2.57. The molecule has 0 saturated carbocycles. The van der Waals surface area contributed by atoms with Gasteiger partial charge in [0.1, 0.15) is 0 Å². The number of hydrogen-bond donors (Lipinski definition) is 0. The molecule has 0 N–H and O–H groups in total. The van der Waals surface area contributed by atoms with Gasteiger partial charge >= 0.3 is 0 Å². The van der Waals surface area contributed by atoms with Gasteiger partial charge in [-0.25, -0.2) is 0 Å². The summed E-state index contributed by atoms with van der Waals surface area (Å²) in [5.74, 6) is 0. The number of rotatable bonds is 11. The normalized spacial score (nSPS) is 11.6. The van der Waals surface area contributed by atoms with Gasteiger partial charge in [-0.05, 0) is 65.0 Å². The van der Waals surface area contributed by atoms with Crippen LogP contribution < -0.4 is 0 Å². The van der Waals surface area contributed by atoms with Crippen LogP contribution in [0.4, 0.5) is 0 Å². The van der Waals surface area contributed by atoms with Crippen LogP contribution in [0.25, 0.3) is 0 Å². The number of unbranched alkanes of at least 4 members (excludes halogenated alkanes) is 1. The zero-order valence-electron chi connectivity index (χ0n) is 12.0. The van der Waals surface area contributed by atoms with Crippen LogP contribution in [0.5, 0.6) is 0 Å². The molecule has 0 fully saturated rings. The summed E-state index contributed by atoms with van der Waals surface area (Å²) in [6, 6.07) is 0. The Morgan fingerprint density at radius 1 is 0.562 bits per heavy atom. The largest absolute Gasteiger partial charge is 0.304 e. The minimum absolute atomic E-state index is 1.21. The molecule has 0 saturated heterocycles. The summed E-state index contributed by atoms with van der Waals surface area (Å²) in [5, 5.41) is 0. The Hall–Kier alpha value is -0.0800. The predicted molar refractivity (Wildman–Crippen MR) is 74.0 cm³/mol. The predicted octanol–water partition coefficient (Wildman–Crippen LogP) is 3.23. The molecule has 2 heteroatoms. The maximum atomic E-state index is 2.57. The van der Waals surface area contributed by atoms with Crippen molar-refractivity contribution in [3.05, 3.63) is 0 Å². The van der Waals surface area contributed by atoms with Crippen LogP contribution in [-0.4, -0.2) is 49.1 Å². The number of nitrogens with zero attached hydrogens (tertiary/aromatic N) is 2. The Bertz CT molecular complexity index is 121. The van der Waals surface area contributed by atoms with Gasteiger partial charge in [0.25, 0.3) is 0 Å². The Morgan fingerprint density at radius 3 is 1.19 bits per heavy atom. The van der Waals surface area contributed by atoms with Crippen molar-refractivity contribution < 1.29 is 0 Å². The van der Waals surface area contributed by atoms with E-state index in [2.05, 4.69) is 37.5 Å². The Morgan fingerprint density at radius 2 is 0.938 bits per heavy atom. The third-order valence-electron chi connectivity index (χ3n) is 3.17. The first-order valence-corrected chi connectivity index (χ1v) is 7.23. The van der Waals surface area contributed by atoms with Crippen LogP contribution in [0.3, 0.4) is 0 Å². The van der Waals surface area contributed by atoms with E-state index in [1.165, 1.54) is 65.0 Å². The van der Waals surface area contributed by atoms with Gasteiger partial charge in [-0.3, -0.25) is 0 Å². The molecule has 0 bridgehead atoms. The van der Waals surface area contributed by atoms with E-state index in [4.69, 9.17) is 0 Å². The first kappa shape index (κ1) is 15.9. The maximum Gasteiger partial charge on any atom is -0.00184 e. The third kappa shape index (κ3) is 8.12. The highest BCUT2D eigenvalue weighted by Crippen LogP contribution is 2.00. The quantitative estimate of drug-likeness (QED) is 0.501. The summed E-state index contributed by atoms with van der Waals surface area (Å²) in [4.78, 5) is 5.13. The lowest BCUT2D eigenvalue weighted by molar-refractivity contribution is 0.253. The summed E-state index contributed by atoms with van der Waals surface area (Å²) in [7, 11) is 0. The van der Waals surface area contributed by atoms with Crippen molar-refractivity contribution in [1.29, 1.82) is 0 Å². The molecule has 98 valence electrons. The van der Waals surface area contributed by atoms with Crippen molar-refractivity contribution in [1.82, 2.24) is 9.80 Å². The van der Waals surface area contributed by atoms with E-state index >= 15 is 0 Å². The molecule has 0 aliphatic heterocycles. The molecule has 0 aromatic heterocycles. The van der Waals surface area contributed by atoms with E-state index in [1.54, 1.807) is 0 Å². The van der Waals surface area contributed by atoms with Crippen molar-refractivity contribution in [3.8, 4) is 0 Å². The molecule has 0 heterocycles. The van der Waals surface area contributed by atoms with Crippen LogP contribution in [0.1, 0.15) is 53.4 Å². The Labute approximate surface area is 103 Å². The molecule has 0 aromatic rings. The smallest absolute Gasteiger partial charge is 0.00184 e. The molecule has 0 amide bonds. The first-order valence-electron chi connectivity index (χ1n) is 7.23. The average Bonchev–Trinajstić information content (AvgIpc) is 2.31. The minimum atomic E-state index is 1.21. The molecule has 0 spiro atoms. The monoisotopic (exact) mass is 228 g/mol. The molecule has 0 aromatic carbocycles. The molecule has 2 nitrogen and oxygen atoms in total. The molecule has 0 unspecified atom stereocenters. The molecule has 0 atom stereocenters. The van der Waals surface area contributed by atoms with Gasteiger partial charge in [-0.2, -0.15) is 0 Å². The van der Waals surface area contributed by atoms with Crippen molar-refractivity contribution in [2.24, 2.45) is 0 Å². The van der Waals surface area contributed by atoms with Crippen LogP contribution in [0.2, 0.25) is 0 Å². The lowest BCUT2D eigenvalue weighted by atomic mass is 10.2. The second kappa shape index (κ2) is 11.4. The highest BCUT2D eigenvalue weighted by molar-refractivity contribution is 4.58. The van der Waals surface area contributed by atoms with Crippen LogP contribution >= 0.6 is 0 Å². The van der Waals surface area contributed by atoms with E-state index in [9.17, 15) is 0 Å². The summed E-state index contributed by atoms with van der Waals surface area (Å²) < 4.78 is 0. The fraction of sp³-hybridized carbons (Fsp3) is 1.00. The van der Waals surface area contributed by atoms with E-state index in [0.29, 0.717) is 0 Å². The van der Waals surface area contributed by atoms with Gasteiger partial charge in [-0.1, -0.05) is 27.7 Å². The molecular formula is C14H32N2. The fourth-order valence-corrected chi connectivity index (χ4v) is 2.16. The van der Waals surface area contributed by atoms with Crippen LogP contribution in [0.15, 0.2) is 0 Å². The molecule has 0 radical (unpaired) electrons. The van der Waals surface area contributed by atoms with E-state index < -0.39 is 0 Å². The van der Waals surface area contributed by atoms with Gasteiger partial charge in [0.15, 0.2) is 0 Å². The Kier molecular flexibility index (Phi) is 11.3. The topological polar surface area (TPSA) is 6.48 Å². The lowest BCUT2D eigenvalue weighted by Crippen LogP contribution is -2.28. The fourth-order valence-electron chi connectivity index (χ4n) is 2.16. The second-order valence-corrected chi connectivity index (χ2v) is 4.58. The van der Waals surface area contributed by atoms with Gasteiger partial charge < -0.3 is 9.80 Å². The standard InChI is InChI=1S/C14H32N2/c1-5-11-15(7-3)13-9-10-14-16(8-4)12-6-2/h5-14H2,1-4H3. The van der Waals surface area contributed by atoms with Crippen LogP contribution in [-0.2, 0) is 0 Å². The highest BCUT2D eigenvalue weighted by atomic mass is 15.1. The highest BCUT2D eigenvalue weighted by Gasteiger charge is 2.02. The molecule has 0 rings (SSSR count). The van der Waals surface area contributed by atoms with E-state index in [-0.39, 0.29) is 0 Å². The zero-order chi connectivity index (χ0) is 12.2. The van der Waals surface area contributed by atoms with Crippen molar-refractivity contribution in [2.45, 2.75) is 53.4 Å². The molecule has 0 aliphatic carbocycles. The molecule has 0 aliphatic rings. The minimum Gasteiger partial charge on any atom is -0.304 e. The summed E-state index contributed by atoms with van der Waals surface area (Å²) in [6.07, 6.45) is 5.28. The molecule has 16 heavy (non-hydrogen) atoms. The summed E-state index contributed by atoms with van der Waals surface area (Å²) in [6.45, 7) is 16.6. The SMILES string of the molecule is CCCN(CC)CCCCN(CC)CCC. The van der Waals surface area contributed by atoms with Crippen molar-refractivity contribution >= 4 is 0 Å². The summed E-state index contributed by atoms with van der Waals surface area (Å²) in [5.41, 5.74) is 0. The van der Waals surface area contributed by atoms with E-state index in [1.807, 2.05) is 0 Å². The second-order valence-electron chi connectivity index (χ2n) is 4.58. The van der Waals surface area contributed by atoms with Gasteiger partial charge in [0, 0.05) is 0 Å². The first-order chi connectivity index (χ1) is 7.78. The Balaban J connectivity index is 3.48. The summed E-state index contributed by atoms with van der Waals surface area (Å²) >= 11 is 0. The third-order valence-corrected chi connectivity index (χ3v) is 3.17. The molecular weight excluding hydrogens is 196 g/mol. The van der Waals surface area contributed by atoms with Crippen LogP contribution in [0, 0.1) is 0 Å².